The fourth-order valence-electron chi connectivity index (χ4n) is 3.55. The van der Waals surface area contributed by atoms with Gasteiger partial charge >= 0.3 is 0 Å². The van der Waals surface area contributed by atoms with Crippen molar-refractivity contribution in [3.63, 3.8) is 0 Å². The minimum absolute atomic E-state index is 0.0853. The quantitative estimate of drug-likeness (QED) is 0.434. The van der Waals surface area contributed by atoms with E-state index in [1.807, 2.05) is 13.0 Å². The Hall–Kier alpha value is -2.49. The van der Waals surface area contributed by atoms with E-state index >= 15 is 0 Å². The average Bonchev–Trinajstić information content (AvgIpc) is 2.79. The molecule has 11 heteroatoms. The number of halogens is 2. The van der Waals surface area contributed by atoms with Crippen molar-refractivity contribution < 1.29 is 22.7 Å². The third-order valence-electron chi connectivity index (χ3n) is 5.24. The molecule has 0 aromatic heterocycles. The van der Waals surface area contributed by atoms with Gasteiger partial charge in [-0.1, -0.05) is 49.2 Å². The maximum atomic E-state index is 13.6. The highest BCUT2D eigenvalue weighted by Gasteiger charge is 2.31. The highest BCUT2D eigenvalue weighted by molar-refractivity contribution is 7.92. The monoisotopic (exact) mass is 543 g/mol. The molecule has 0 fully saturated rings. The molecule has 2 aromatic carbocycles. The molecule has 8 nitrogen and oxygen atoms in total. The summed E-state index contributed by atoms with van der Waals surface area (Å²) in [5.41, 5.74) is 0.888. The fourth-order valence-corrected chi connectivity index (χ4v) is 4.90. The van der Waals surface area contributed by atoms with Crippen molar-refractivity contribution in [1.29, 1.82) is 0 Å². The molecular weight excluding hydrogens is 513 g/mol. The molecule has 0 bridgehead atoms. The van der Waals surface area contributed by atoms with Gasteiger partial charge in [0.25, 0.3) is 0 Å². The van der Waals surface area contributed by atoms with Gasteiger partial charge in [0, 0.05) is 23.1 Å². The molecule has 0 heterocycles. The summed E-state index contributed by atoms with van der Waals surface area (Å²) in [5, 5.41) is 3.29. The van der Waals surface area contributed by atoms with Crippen molar-refractivity contribution in [3.8, 4) is 5.75 Å². The van der Waals surface area contributed by atoms with Gasteiger partial charge in [0.05, 0.1) is 19.1 Å². The number of rotatable bonds is 12. The van der Waals surface area contributed by atoms with Crippen LogP contribution in [0.5, 0.6) is 5.75 Å². The zero-order valence-corrected chi connectivity index (χ0v) is 22.6. The van der Waals surface area contributed by atoms with Gasteiger partial charge < -0.3 is 15.0 Å². The lowest BCUT2D eigenvalue weighted by Gasteiger charge is -2.33. The number of amides is 2. The molecule has 2 aromatic rings. The third-order valence-corrected chi connectivity index (χ3v) is 6.81. The SMILES string of the molecule is CCCNC(=O)[C@@H](CC)N(Cc1cccc(OC)c1)C(=O)CN(c1cc(Cl)cc(Cl)c1)S(C)(=O)=O. The number of anilines is 1. The Morgan fingerprint density at radius 2 is 1.74 bits per heavy atom. The lowest BCUT2D eigenvalue weighted by atomic mass is 10.1. The first-order chi connectivity index (χ1) is 16.5. The molecule has 35 heavy (non-hydrogen) atoms. The van der Waals surface area contributed by atoms with Crippen LogP contribution in [0.2, 0.25) is 10.0 Å². The van der Waals surface area contributed by atoms with Crippen molar-refractivity contribution in [2.45, 2.75) is 39.3 Å². The zero-order valence-electron chi connectivity index (χ0n) is 20.3. The van der Waals surface area contributed by atoms with E-state index in [1.165, 1.54) is 30.2 Å². The van der Waals surface area contributed by atoms with E-state index in [0.717, 1.165) is 22.5 Å². The van der Waals surface area contributed by atoms with E-state index in [4.69, 9.17) is 27.9 Å². The first-order valence-corrected chi connectivity index (χ1v) is 13.7. The van der Waals surface area contributed by atoms with Gasteiger partial charge in [-0.25, -0.2) is 8.42 Å². The first kappa shape index (κ1) is 28.7. The molecule has 192 valence electrons. The number of nitrogens with one attached hydrogen (secondary N) is 1. The summed E-state index contributed by atoms with van der Waals surface area (Å²) in [6, 6.07) is 10.6. The normalized spacial score (nSPS) is 12.1. The molecule has 0 spiro atoms. The Kier molecular flexibility index (Phi) is 10.7. The molecule has 0 saturated carbocycles. The number of sulfonamides is 1. The van der Waals surface area contributed by atoms with Gasteiger partial charge in [-0.2, -0.15) is 0 Å². The zero-order chi connectivity index (χ0) is 26.2. The number of carbonyl (C=O) groups excluding carboxylic acids is 2. The minimum atomic E-state index is -3.88. The van der Waals surface area contributed by atoms with Crippen molar-refractivity contribution in [2.24, 2.45) is 0 Å². The first-order valence-electron chi connectivity index (χ1n) is 11.1. The van der Waals surface area contributed by atoms with E-state index in [0.29, 0.717) is 18.7 Å². The van der Waals surface area contributed by atoms with Crippen LogP contribution in [0.4, 0.5) is 5.69 Å². The lowest BCUT2D eigenvalue weighted by molar-refractivity contribution is -0.140. The topological polar surface area (TPSA) is 96.0 Å². The van der Waals surface area contributed by atoms with Crippen LogP contribution in [0.25, 0.3) is 0 Å². The molecule has 2 rings (SSSR count). The highest BCUT2D eigenvalue weighted by Crippen LogP contribution is 2.27. The number of ether oxygens (including phenoxy) is 1. The van der Waals surface area contributed by atoms with Crippen LogP contribution in [0.1, 0.15) is 32.3 Å². The standard InChI is InChI=1S/C24H31Cl2N3O5S/c1-5-10-27-24(31)22(6-2)28(15-17-8-7-9-21(11-17)34-3)23(30)16-29(35(4,32)33)20-13-18(25)12-19(26)14-20/h7-9,11-14,22H,5-6,10,15-16H2,1-4H3,(H,27,31)/t22-/m1/s1. The van der Waals surface area contributed by atoms with Crippen LogP contribution in [0.15, 0.2) is 42.5 Å². The minimum Gasteiger partial charge on any atom is -0.497 e. The summed E-state index contributed by atoms with van der Waals surface area (Å²) in [6.45, 7) is 3.75. The van der Waals surface area contributed by atoms with Crippen LogP contribution in [-0.4, -0.2) is 57.6 Å². The molecule has 1 N–H and O–H groups in total. The van der Waals surface area contributed by atoms with Crippen LogP contribution in [-0.2, 0) is 26.2 Å². The van der Waals surface area contributed by atoms with Crippen molar-refractivity contribution >= 4 is 50.7 Å². The summed E-state index contributed by atoms with van der Waals surface area (Å²) in [6.07, 6.45) is 2.07. The maximum absolute atomic E-state index is 13.6. The molecule has 0 aliphatic heterocycles. The molecule has 2 amide bonds. The summed E-state index contributed by atoms with van der Waals surface area (Å²) >= 11 is 12.2. The van der Waals surface area contributed by atoms with Gasteiger partial charge in [0.15, 0.2) is 0 Å². The second-order valence-electron chi connectivity index (χ2n) is 7.99. The predicted octanol–water partition coefficient (Wildman–Crippen LogP) is 4.10. The predicted molar refractivity (Wildman–Crippen MR) is 140 cm³/mol. The fraction of sp³-hybridized carbons (Fsp3) is 0.417. The Bertz CT molecular complexity index is 1120. The average molecular weight is 545 g/mol. The number of nitrogens with zero attached hydrogens (tertiary/aromatic N) is 2. The number of hydrogen-bond donors (Lipinski definition) is 1. The van der Waals surface area contributed by atoms with Gasteiger partial charge in [-0.15, -0.1) is 0 Å². The van der Waals surface area contributed by atoms with Gasteiger partial charge in [0.1, 0.15) is 18.3 Å². The smallest absolute Gasteiger partial charge is 0.244 e. The number of carbonyl (C=O) groups is 2. The van der Waals surface area contributed by atoms with Crippen LogP contribution >= 0.6 is 23.2 Å². The van der Waals surface area contributed by atoms with Gasteiger partial charge in [-0.05, 0) is 48.7 Å². The summed E-state index contributed by atoms with van der Waals surface area (Å²) < 4.78 is 31.5. The van der Waals surface area contributed by atoms with E-state index in [9.17, 15) is 18.0 Å². The summed E-state index contributed by atoms with van der Waals surface area (Å²) in [4.78, 5) is 28.0. The molecule has 0 unspecified atom stereocenters. The number of hydrogen-bond acceptors (Lipinski definition) is 5. The Labute approximate surface area is 217 Å². The molecule has 0 aliphatic rings. The van der Waals surface area contributed by atoms with E-state index in [1.54, 1.807) is 25.1 Å². The highest BCUT2D eigenvalue weighted by atomic mass is 35.5. The Balaban J connectivity index is 2.47. The third kappa shape index (κ3) is 8.30. The van der Waals surface area contributed by atoms with Crippen molar-refractivity contribution in [1.82, 2.24) is 10.2 Å². The lowest BCUT2D eigenvalue weighted by Crippen LogP contribution is -2.52. The van der Waals surface area contributed by atoms with Crippen molar-refractivity contribution in [3.05, 3.63) is 58.1 Å². The Morgan fingerprint density at radius 3 is 2.29 bits per heavy atom. The molecule has 0 radical (unpaired) electrons. The second-order valence-corrected chi connectivity index (χ2v) is 10.8. The maximum Gasteiger partial charge on any atom is 0.244 e. The van der Waals surface area contributed by atoms with E-state index < -0.39 is 28.5 Å². The van der Waals surface area contributed by atoms with Gasteiger partial charge in [0.2, 0.25) is 21.8 Å². The van der Waals surface area contributed by atoms with Gasteiger partial charge in [-0.3, -0.25) is 13.9 Å². The largest absolute Gasteiger partial charge is 0.497 e. The van der Waals surface area contributed by atoms with Crippen molar-refractivity contribution in [2.75, 3.05) is 30.8 Å². The van der Waals surface area contributed by atoms with E-state index in [2.05, 4.69) is 5.32 Å². The Morgan fingerprint density at radius 1 is 1.09 bits per heavy atom. The van der Waals surface area contributed by atoms with Crippen LogP contribution in [0.3, 0.4) is 0 Å². The van der Waals surface area contributed by atoms with Crippen LogP contribution in [0, 0.1) is 0 Å². The molecule has 0 aliphatic carbocycles. The number of benzene rings is 2. The summed E-state index contributed by atoms with van der Waals surface area (Å²) in [5.74, 6) is -0.250. The molecule has 0 saturated heterocycles. The van der Waals surface area contributed by atoms with Crippen LogP contribution < -0.4 is 14.4 Å². The number of methoxy groups -OCH3 is 1. The summed E-state index contributed by atoms with van der Waals surface area (Å²) in [7, 11) is -2.35. The molecular formula is C24H31Cl2N3O5S. The molecule has 1 atom stereocenters. The van der Waals surface area contributed by atoms with E-state index in [-0.39, 0.29) is 28.2 Å². The second kappa shape index (κ2) is 13.0.